The first kappa shape index (κ1) is 11.0. The SMILES string of the molecule is COCC1(C)CC(C(C)C)CCN1. The van der Waals surface area contributed by atoms with E-state index in [1.165, 1.54) is 12.8 Å². The molecule has 1 rings (SSSR count). The molecule has 1 fully saturated rings. The third-order valence-electron chi connectivity index (χ3n) is 3.19. The molecule has 0 aromatic rings. The summed E-state index contributed by atoms with van der Waals surface area (Å²) in [4.78, 5) is 0. The monoisotopic (exact) mass is 185 g/mol. The van der Waals surface area contributed by atoms with Crippen LogP contribution in [0.3, 0.4) is 0 Å². The van der Waals surface area contributed by atoms with Crippen molar-refractivity contribution in [2.45, 2.75) is 39.2 Å². The maximum Gasteiger partial charge on any atom is 0.0641 e. The molecule has 1 heterocycles. The van der Waals surface area contributed by atoms with E-state index in [0.29, 0.717) is 0 Å². The molecule has 0 aromatic heterocycles. The number of hydrogen-bond donors (Lipinski definition) is 1. The Morgan fingerprint density at radius 3 is 2.77 bits per heavy atom. The standard InChI is InChI=1S/C11H23NO/c1-9(2)10-5-6-12-11(3,7-10)8-13-4/h9-10,12H,5-8H2,1-4H3. The molecule has 2 unspecified atom stereocenters. The molecule has 2 atom stereocenters. The third kappa shape index (κ3) is 2.96. The molecule has 1 N–H and O–H groups in total. The summed E-state index contributed by atoms with van der Waals surface area (Å²) in [6.45, 7) is 8.89. The number of rotatable bonds is 3. The number of hydrogen-bond acceptors (Lipinski definition) is 2. The number of piperidine rings is 1. The molecule has 0 radical (unpaired) electrons. The van der Waals surface area contributed by atoms with Crippen molar-refractivity contribution in [1.82, 2.24) is 5.32 Å². The first-order chi connectivity index (χ1) is 6.07. The topological polar surface area (TPSA) is 21.3 Å². The second-order valence-corrected chi connectivity index (χ2v) is 4.92. The summed E-state index contributed by atoms with van der Waals surface area (Å²) in [6, 6.07) is 0. The average Bonchev–Trinajstić information content (AvgIpc) is 2.04. The fraction of sp³-hybridized carbons (Fsp3) is 1.00. The molecule has 0 spiro atoms. The van der Waals surface area contributed by atoms with Crippen LogP contribution in [-0.2, 0) is 4.74 Å². The van der Waals surface area contributed by atoms with Crippen LogP contribution < -0.4 is 5.32 Å². The van der Waals surface area contributed by atoms with Gasteiger partial charge in [0.15, 0.2) is 0 Å². The van der Waals surface area contributed by atoms with Gasteiger partial charge in [-0.25, -0.2) is 0 Å². The molecule has 78 valence electrons. The Kier molecular flexibility index (Phi) is 3.74. The van der Waals surface area contributed by atoms with Crippen molar-refractivity contribution in [2.24, 2.45) is 11.8 Å². The van der Waals surface area contributed by atoms with E-state index in [9.17, 15) is 0 Å². The van der Waals surface area contributed by atoms with Crippen LogP contribution >= 0.6 is 0 Å². The molecule has 0 amide bonds. The zero-order valence-electron chi connectivity index (χ0n) is 9.39. The lowest BCUT2D eigenvalue weighted by Gasteiger charge is -2.40. The predicted octanol–water partition coefficient (Wildman–Crippen LogP) is 2.05. The van der Waals surface area contributed by atoms with E-state index in [0.717, 1.165) is 25.0 Å². The fourth-order valence-electron chi connectivity index (χ4n) is 2.31. The van der Waals surface area contributed by atoms with Gasteiger partial charge in [0.2, 0.25) is 0 Å². The maximum atomic E-state index is 5.25. The largest absolute Gasteiger partial charge is 0.383 e. The second kappa shape index (κ2) is 4.43. The van der Waals surface area contributed by atoms with E-state index in [1.807, 2.05) is 0 Å². The molecule has 13 heavy (non-hydrogen) atoms. The van der Waals surface area contributed by atoms with Crippen molar-refractivity contribution >= 4 is 0 Å². The molecule has 0 aromatic carbocycles. The lowest BCUT2D eigenvalue weighted by molar-refractivity contribution is 0.0728. The summed E-state index contributed by atoms with van der Waals surface area (Å²) in [5, 5.41) is 3.56. The van der Waals surface area contributed by atoms with E-state index in [1.54, 1.807) is 7.11 Å². The van der Waals surface area contributed by atoms with Gasteiger partial charge in [-0.1, -0.05) is 13.8 Å². The highest BCUT2D eigenvalue weighted by Gasteiger charge is 2.32. The number of nitrogens with one attached hydrogen (secondary N) is 1. The molecule has 2 heteroatoms. The summed E-state index contributed by atoms with van der Waals surface area (Å²) in [6.07, 6.45) is 2.56. The maximum absolute atomic E-state index is 5.25. The van der Waals surface area contributed by atoms with Crippen LogP contribution in [0.4, 0.5) is 0 Å². The summed E-state index contributed by atoms with van der Waals surface area (Å²) < 4.78 is 5.25. The molecular weight excluding hydrogens is 162 g/mol. The summed E-state index contributed by atoms with van der Waals surface area (Å²) in [5.41, 5.74) is 0.210. The number of methoxy groups -OCH3 is 1. The number of ether oxygens (including phenoxy) is 1. The van der Waals surface area contributed by atoms with E-state index < -0.39 is 0 Å². The first-order valence-electron chi connectivity index (χ1n) is 5.31. The fourth-order valence-corrected chi connectivity index (χ4v) is 2.31. The molecular formula is C11H23NO. The third-order valence-corrected chi connectivity index (χ3v) is 3.19. The average molecular weight is 185 g/mol. The van der Waals surface area contributed by atoms with Crippen molar-refractivity contribution in [3.05, 3.63) is 0 Å². The van der Waals surface area contributed by atoms with Crippen LogP contribution in [0.1, 0.15) is 33.6 Å². The lowest BCUT2D eigenvalue weighted by Crippen LogP contribution is -2.52. The Labute approximate surface area is 82.0 Å². The minimum absolute atomic E-state index is 0.210. The molecule has 1 aliphatic rings. The molecule has 0 aliphatic carbocycles. The van der Waals surface area contributed by atoms with E-state index in [-0.39, 0.29) is 5.54 Å². The van der Waals surface area contributed by atoms with Gasteiger partial charge in [-0.05, 0) is 38.1 Å². The quantitative estimate of drug-likeness (QED) is 0.726. The van der Waals surface area contributed by atoms with Gasteiger partial charge in [0.1, 0.15) is 0 Å². The highest BCUT2D eigenvalue weighted by Crippen LogP contribution is 2.29. The van der Waals surface area contributed by atoms with Gasteiger partial charge in [-0.3, -0.25) is 0 Å². The normalized spacial score (nSPS) is 35.3. The van der Waals surface area contributed by atoms with Gasteiger partial charge in [-0.2, -0.15) is 0 Å². The minimum atomic E-state index is 0.210. The van der Waals surface area contributed by atoms with Gasteiger partial charge in [0, 0.05) is 12.6 Å². The zero-order chi connectivity index (χ0) is 9.90. The molecule has 1 aliphatic heterocycles. The van der Waals surface area contributed by atoms with Crippen molar-refractivity contribution in [3.63, 3.8) is 0 Å². The van der Waals surface area contributed by atoms with Crippen LogP contribution in [0.5, 0.6) is 0 Å². The van der Waals surface area contributed by atoms with Gasteiger partial charge in [0.25, 0.3) is 0 Å². The first-order valence-corrected chi connectivity index (χ1v) is 5.31. The van der Waals surface area contributed by atoms with Crippen molar-refractivity contribution in [3.8, 4) is 0 Å². The Hall–Kier alpha value is -0.0800. The Morgan fingerprint density at radius 2 is 2.23 bits per heavy atom. The Morgan fingerprint density at radius 1 is 1.54 bits per heavy atom. The second-order valence-electron chi connectivity index (χ2n) is 4.92. The Bertz CT molecular complexity index is 154. The van der Waals surface area contributed by atoms with Crippen LogP contribution in [0.2, 0.25) is 0 Å². The van der Waals surface area contributed by atoms with Crippen molar-refractivity contribution in [1.29, 1.82) is 0 Å². The van der Waals surface area contributed by atoms with Crippen LogP contribution in [-0.4, -0.2) is 25.8 Å². The van der Waals surface area contributed by atoms with Crippen molar-refractivity contribution < 1.29 is 4.74 Å². The summed E-state index contributed by atoms with van der Waals surface area (Å²) >= 11 is 0. The van der Waals surface area contributed by atoms with Crippen LogP contribution in [0.25, 0.3) is 0 Å². The van der Waals surface area contributed by atoms with Gasteiger partial charge >= 0.3 is 0 Å². The van der Waals surface area contributed by atoms with E-state index >= 15 is 0 Å². The molecule has 2 nitrogen and oxygen atoms in total. The minimum Gasteiger partial charge on any atom is -0.383 e. The van der Waals surface area contributed by atoms with Crippen LogP contribution in [0, 0.1) is 11.8 Å². The van der Waals surface area contributed by atoms with Crippen LogP contribution in [0.15, 0.2) is 0 Å². The highest BCUT2D eigenvalue weighted by atomic mass is 16.5. The van der Waals surface area contributed by atoms with E-state index in [4.69, 9.17) is 4.74 Å². The smallest absolute Gasteiger partial charge is 0.0641 e. The van der Waals surface area contributed by atoms with Gasteiger partial charge in [0.05, 0.1) is 6.61 Å². The zero-order valence-corrected chi connectivity index (χ0v) is 9.39. The molecule has 1 saturated heterocycles. The van der Waals surface area contributed by atoms with E-state index in [2.05, 4.69) is 26.1 Å². The lowest BCUT2D eigenvalue weighted by atomic mass is 9.78. The van der Waals surface area contributed by atoms with Gasteiger partial charge in [-0.15, -0.1) is 0 Å². The molecule has 0 bridgehead atoms. The predicted molar refractivity (Wildman–Crippen MR) is 55.8 cm³/mol. The molecule has 0 saturated carbocycles. The summed E-state index contributed by atoms with van der Waals surface area (Å²) in [7, 11) is 1.78. The highest BCUT2D eigenvalue weighted by molar-refractivity contribution is 4.90. The summed E-state index contributed by atoms with van der Waals surface area (Å²) in [5.74, 6) is 1.67. The van der Waals surface area contributed by atoms with Gasteiger partial charge < -0.3 is 10.1 Å². The Balaban J connectivity index is 2.49. The van der Waals surface area contributed by atoms with Crippen molar-refractivity contribution in [2.75, 3.05) is 20.3 Å².